The largest absolute Gasteiger partial charge is 0.352 e. The van der Waals surface area contributed by atoms with E-state index in [1.807, 2.05) is 68.7 Å². The average molecular weight is 524 g/mol. The minimum atomic E-state index is -1.19. The quantitative estimate of drug-likeness (QED) is 0.350. The molecule has 1 aliphatic carbocycles. The topological polar surface area (TPSA) is 55.1 Å². The van der Waals surface area contributed by atoms with Gasteiger partial charge in [0.1, 0.15) is 6.17 Å². The Kier molecular flexibility index (Phi) is 7.76. The van der Waals surface area contributed by atoms with Crippen LogP contribution in [0.25, 0.3) is 29.2 Å². The molecule has 8 heteroatoms. The Bertz CT molecular complexity index is 1560. The fraction of sp³-hybridized carbons (Fsp3) is 0.250. The van der Waals surface area contributed by atoms with Gasteiger partial charge in [0.2, 0.25) is 0 Å². The van der Waals surface area contributed by atoms with Crippen molar-refractivity contribution in [2.75, 3.05) is 5.32 Å². The fourth-order valence-corrected chi connectivity index (χ4v) is 4.23. The summed E-state index contributed by atoms with van der Waals surface area (Å²) in [5, 5.41) is 6.31. The SMILES string of the molecule is CC=c1nc2cc(Nc3ccc(C)nc3)c(=NC(C)C)cc-2n(-c2ccc(Cl)c(Cl)c2)c1=CC(C)F. The number of pyridine rings is 1. The normalized spacial score (nSPS) is 14.2. The maximum Gasteiger partial charge on any atom is 0.118 e. The van der Waals surface area contributed by atoms with Crippen molar-refractivity contribution in [2.45, 2.75) is 46.8 Å². The van der Waals surface area contributed by atoms with Gasteiger partial charge < -0.3 is 9.88 Å². The van der Waals surface area contributed by atoms with Crippen LogP contribution in [0.15, 0.2) is 53.7 Å². The second kappa shape index (κ2) is 10.8. The number of fused-ring (bicyclic) bond motifs is 1. The summed E-state index contributed by atoms with van der Waals surface area (Å²) in [6.45, 7) is 9.36. The van der Waals surface area contributed by atoms with Gasteiger partial charge in [-0.15, -0.1) is 0 Å². The molecule has 1 N–H and O–H groups in total. The van der Waals surface area contributed by atoms with Gasteiger partial charge >= 0.3 is 0 Å². The number of hydrogen-bond donors (Lipinski definition) is 1. The van der Waals surface area contributed by atoms with E-state index in [9.17, 15) is 4.39 Å². The molecule has 0 fully saturated rings. The standard InChI is InChI=1S/C28H28Cl2FN5/c1-6-23-27(11-17(4)31)36(20-9-10-21(29)22(30)12-20)28-14-25(33-16(2)3)24(13-26(28)35-23)34-19-8-7-18(5)32-15-19/h6-17,34H,1-5H3. The molecule has 4 rings (SSSR count). The van der Waals surface area contributed by atoms with Crippen molar-refractivity contribution < 1.29 is 4.39 Å². The maximum atomic E-state index is 14.3. The second-order valence-corrected chi connectivity index (χ2v) is 9.66. The highest BCUT2D eigenvalue weighted by molar-refractivity contribution is 6.42. The number of hydrogen-bond acceptors (Lipinski definition) is 4. The first kappa shape index (κ1) is 25.9. The van der Waals surface area contributed by atoms with E-state index in [1.165, 1.54) is 6.92 Å². The summed E-state index contributed by atoms with van der Waals surface area (Å²) < 4.78 is 16.3. The van der Waals surface area contributed by atoms with Gasteiger partial charge in [0.25, 0.3) is 0 Å². The molecule has 5 nitrogen and oxygen atoms in total. The van der Waals surface area contributed by atoms with Crippen LogP contribution in [0.3, 0.4) is 0 Å². The molecule has 1 aromatic carbocycles. The third-order valence-electron chi connectivity index (χ3n) is 5.49. The summed E-state index contributed by atoms with van der Waals surface area (Å²) in [7, 11) is 0. The number of alkyl halides is 1. The highest BCUT2D eigenvalue weighted by atomic mass is 35.5. The summed E-state index contributed by atoms with van der Waals surface area (Å²) in [5.41, 5.74) is 4.79. The van der Waals surface area contributed by atoms with Crippen LogP contribution in [0, 0.1) is 6.92 Å². The Morgan fingerprint density at radius 2 is 1.83 bits per heavy atom. The van der Waals surface area contributed by atoms with Crippen LogP contribution in [0.1, 0.15) is 33.4 Å². The van der Waals surface area contributed by atoms with Gasteiger partial charge in [0, 0.05) is 17.4 Å². The maximum absolute atomic E-state index is 14.3. The van der Waals surface area contributed by atoms with Crippen LogP contribution >= 0.6 is 23.2 Å². The highest BCUT2D eigenvalue weighted by Crippen LogP contribution is 2.27. The molecule has 0 saturated heterocycles. The predicted octanol–water partition coefficient (Wildman–Crippen LogP) is 5.98. The zero-order chi connectivity index (χ0) is 26.0. The molecule has 0 spiro atoms. The molecule has 2 heterocycles. The molecular formula is C28H28Cl2FN5. The van der Waals surface area contributed by atoms with Crippen molar-refractivity contribution in [3.63, 3.8) is 0 Å². The molecule has 186 valence electrons. The van der Waals surface area contributed by atoms with Gasteiger partial charge in [0.05, 0.1) is 55.1 Å². The first-order chi connectivity index (χ1) is 17.2. The summed E-state index contributed by atoms with van der Waals surface area (Å²) >= 11 is 12.6. The van der Waals surface area contributed by atoms with E-state index in [1.54, 1.807) is 24.4 Å². The van der Waals surface area contributed by atoms with Crippen LogP contribution in [0.2, 0.25) is 10.0 Å². The number of aryl methyl sites for hydroxylation is 1. The minimum Gasteiger partial charge on any atom is -0.352 e. The van der Waals surface area contributed by atoms with Crippen LogP contribution < -0.4 is 21.4 Å². The monoisotopic (exact) mass is 523 g/mol. The van der Waals surface area contributed by atoms with E-state index in [2.05, 4.69) is 10.3 Å². The number of nitrogens with one attached hydrogen (secondary N) is 1. The van der Waals surface area contributed by atoms with E-state index < -0.39 is 6.17 Å². The lowest BCUT2D eigenvalue weighted by Gasteiger charge is -2.20. The Labute approximate surface area is 220 Å². The van der Waals surface area contributed by atoms with Crippen molar-refractivity contribution in [3.05, 3.63) is 80.5 Å². The van der Waals surface area contributed by atoms with Gasteiger partial charge in [-0.05, 0) is 83.2 Å². The summed E-state index contributed by atoms with van der Waals surface area (Å²) in [5.74, 6) is 0. The van der Waals surface area contributed by atoms with E-state index in [0.717, 1.165) is 33.8 Å². The molecule has 0 bridgehead atoms. The molecule has 1 aromatic heterocycles. The zero-order valence-electron chi connectivity index (χ0n) is 20.9. The summed E-state index contributed by atoms with van der Waals surface area (Å²) in [4.78, 5) is 14.1. The first-order valence-corrected chi connectivity index (χ1v) is 12.5. The lowest BCUT2D eigenvalue weighted by atomic mass is 10.1. The molecule has 1 atom stereocenters. The van der Waals surface area contributed by atoms with Crippen LogP contribution in [-0.2, 0) is 0 Å². The Hall–Kier alpha value is -3.22. The van der Waals surface area contributed by atoms with Gasteiger partial charge in [-0.25, -0.2) is 9.37 Å². The van der Waals surface area contributed by atoms with E-state index >= 15 is 0 Å². The van der Waals surface area contributed by atoms with Crippen molar-refractivity contribution in [2.24, 2.45) is 4.99 Å². The van der Waals surface area contributed by atoms with E-state index in [4.69, 9.17) is 33.2 Å². The van der Waals surface area contributed by atoms with Crippen LogP contribution in [-0.4, -0.2) is 26.7 Å². The van der Waals surface area contributed by atoms with Gasteiger partial charge in [0.15, 0.2) is 0 Å². The number of halogens is 3. The van der Waals surface area contributed by atoms with E-state index in [-0.39, 0.29) is 6.04 Å². The first-order valence-electron chi connectivity index (χ1n) is 11.7. The molecular weight excluding hydrogens is 496 g/mol. The molecule has 0 radical (unpaired) electrons. The van der Waals surface area contributed by atoms with Crippen molar-refractivity contribution in [3.8, 4) is 17.1 Å². The number of nitrogens with zero attached hydrogens (tertiary/aromatic N) is 4. The van der Waals surface area contributed by atoms with Crippen molar-refractivity contribution >= 4 is 46.7 Å². The van der Waals surface area contributed by atoms with Crippen molar-refractivity contribution in [1.29, 1.82) is 0 Å². The number of rotatable bonds is 5. The third-order valence-corrected chi connectivity index (χ3v) is 6.23. The number of benzene rings is 2. The molecule has 0 amide bonds. The smallest absolute Gasteiger partial charge is 0.118 e. The average Bonchev–Trinajstić information content (AvgIpc) is 2.82. The highest BCUT2D eigenvalue weighted by Gasteiger charge is 2.17. The zero-order valence-corrected chi connectivity index (χ0v) is 22.4. The molecule has 2 aromatic rings. The minimum absolute atomic E-state index is 0.0469. The Balaban J connectivity index is 2.11. The van der Waals surface area contributed by atoms with Crippen LogP contribution in [0.4, 0.5) is 15.8 Å². The lowest BCUT2D eigenvalue weighted by Crippen LogP contribution is -2.40. The van der Waals surface area contributed by atoms with Crippen molar-refractivity contribution in [1.82, 2.24) is 14.5 Å². The lowest BCUT2D eigenvalue weighted by molar-refractivity contribution is 0.449. The Morgan fingerprint density at radius 3 is 2.44 bits per heavy atom. The molecule has 0 saturated carbocycles. The molecule has 1 aliphatic heterocycles. The second-order valence-electron chi connectivity index (χ2n) is 8.84. The number of aromatic nitrogens is 3. The van der Waals surface area contributed by atoms with Gasteiger partial charge in [-0.1, -0.05) is 29.3 Å². The van der Waals surface area contributed by atoms with Gasteiger partial charge in [-0.2, -0.15) is 0 Å². The summed E-state index contributed by atoms with van der Waals surface area (Å²) in [6, 6.07) is 13.3. The molecule has 2 aliphatic rings. The fourth-order valence-electron chi connectivity index (χ4n) is 3.94. The molecule has 36 heavy (non-hydrogen) atoms. The van der Waals surface area contributed by atoms with Gasteiger partial charge in [-0.3, -0.25) is 9.98 Å². The Morgan fingerprint density at radius 1 is 1.06 bits per heavy atom. The van der Waals surface area contributed by atoms with E-state index in [0.29, 0.717) is 26.4 Å². The third kappa shape index (κ3) is 5.61. The molecule has 1 unspecified atom stereocenters. The number of anilines is 2. The summed E-state index contributed by atoms with van der Waals surface area (Å²) in [6.07, 6.45) is 4.01. The van der Waals surface area contributed by atoms with Crippen LogP contribution in [0.5, 0.6) is 0 Å². The predicted molar refractivity (Wildman–Crippen MR) is 148 cm³/mol.